The Morgan fingerprint density at radius 3 is 1.64 bits per heavy atom. The van der Waals surface area contributed by atoms with Crippen LogP contribution in [0, 0.1) is 23.7 Å². The Hall–Kier alpha value is -0.260. The SMILES string of the molecule is C=CC(C)C(C)C(C)C(C)C. The summed E-state index contributed by atoms with van der Waals surface area (Å²) < 4.78 is 0. The van der Waals surface area contributed by atoms with E-state index >= 15 is 0 Å². The van der Waals surface area contributed by atoms with Crippen LogP contribution >= 0.6 is 0 Å². The fraction of sp³-hybridized carbons (Fsp3) is 0.818. The number of hydrogen-bond donors (Lipinski definition) is 0. The lowest BCUT2D eigenvalue weighted by molar-refractivity contribution is 0.251. The molecule has 0 bridgehead atoms. The van der Waals surface area contributed by atoms with Gasteiger partial charge in [0.1, 0.15) is 0 Å². The van der Waals surface area contributed by atoms with Gasteiger partial charge in [0.25, 0.3) is 0 Å². The van der Waals surface area contributed by atoms with Crippen LogP contribution in [-0.4, -0.2) is 0 Å². The normalized spacial score (nSPS) is 19.5. The lowest BCUT2D eigenvalue weighted by Crippen LogP contribution is -2.19. The van der Waals surface area contributed by atoms with E-state index in [0.717, 1.165) is 17.8 Å². The molecule has 0 N–H and O–H groups in total. The van der Waals surface area contributed by atoms with Gasteiger partial charge in [0.05, 0.1) is 0 Å². The zero-order valence-electron chi connectivity index (χ0n) is 8.59. The van der Waals surface area contributed by atoms with Crippen molar-refractivity contribution < 1.29 is 0 Å². The fourth-order valence-electron chi connectivity index (χ4n) is 1.30. The van der Waals surface area contributed by atoms with Gasteiger partial charge in [0.2, 0.25) is 0 Å². The number of hydrogen-bond acceptors (Lipinski definition) is 0. The Balaban J connectivity index is 4.00. The molecule has 0 amide bonds. The van der Waals surface area contributed by atoms with Crippen molar-refractivity contribution in [1.29, 1.82) is 0 Å². The van der Waals surface area contributed by atoms with E-state index in [1.807, 2.05) is 0 Å². The van der Waals surface area contributed by atoms with E-state index in [0.29, 0.717) is 5.92 Å². The number of rotatable bonds is 4. The molecule has 0 rings (SSSR count). The first-order valence-corrected chi connectivity index (χ1v) is 4.63. The Morgan fingerprint density at radius 1 is 0.909 bits per heavy atom. The highest BCUT2D eigenvalue weighted by Gasteiger charge is 2.18. The molecule has 3 unspecified atom stereocenters. The van der Waals surface area contributed by atoms with Crippen molar-refractivity contribution in [3.63, 3.8) is 0 Å². The first kappa shape index (κ1) is 10.7. The average molecular weight is 154 g/mol. The summed E-state index contributed by atoms with van der Waals surface area (Å²) in [7, 11) is 0. The summed E-state index contributed by atoms with van der Waals surface area (Å²) in [5, 5.41) is 0. The van der Waals surface area contributed by atoms with Crippen LogP contribution in [0.1, 0.15) is 34.6 Å². The third-order valence-corrected chi connectivity index (χ3v) is 3.08. The second kappa shape index (κ2) is 4.58. The second-order valence-electron chi connectivity index (χ2n) is 4.06. The predicted molar refractivity (Wildman–Crippen MR) is 52.5 cm³/mol. The van der Waals surface area contributed by atoms with Gasteiger partial charge in [-0.25, -0.2) is 0 Å². The van der Waals surface area contributed by atoms with Crippen LogP contribution in [0.25, 0.3) is 0 Å². The monoisotopic (exact) mass is 154 g/mol. The van der Waals surface area contributed by atoms with Gasteiger partial charge < -0.3 is 0 Å². The van der Waals surface area contributed by atoms with Crippen LogP contribution < -0.4 is 0 Å². The van der Waals surface area contributed by atoms with Crippen LogP contribution in [-0.2, 0) is 0 Å². The second-order valence-corrected chi connectivity index (χ2v) is 4.06. The Bertz CT molecular complexity index is 113. The van der Waals surface area contributed by atoms with Crippen LogP contribution in [0.3, 0.4) is 0 Å². The molecule has 0 heteroatoms. The van der Waals surface area contributed by atoms with Gasteiger partial charge in [-0.05, 0) is 23.7 Å². The largest absolute Gasteiger partial charge is 0.103 e. The first-order chi connectivity index (χ1) is 5.00. The minimum Gasteiger partial charge on any atom is -0.103 e. The third-order valence-electron chi connectivity index (χ3n) is 3.08. The van der Waals surface area contributed by atoms with Crippen molar-refractivity contribution in [2.24, 2.45) is 23.7 Å². The van der Waals surface area contributed by atoms with E-state index in [1.165, 1.54) is 0 Å². The molecule has 11 heavy (non-hydrogen) atoms. The van der Waals surface area contributed by atoms with E-state index < -0.39 is 0 Å². The lowest BCUT2D eigenvalue weighted by atomic mass is 9.79. The summed E-state index contributed by atoms with van der Waals surface area (Å²) in [4.78, 5) is 0. The van der Waals surface area contributed by atoms with Gasteiger partial charge in [-0.2, -0.15) is 0 Å². The van der Waals surface area contributed by atoms with Gasteiger partial charge in [-0.3, -0.25) is 0 Å². The zero-order chi connectivity index (χ0) is 9.02. The summed E-state index contributed by atoms with van der Waals surface area (Å²) in [6.45, 7) is 15.3. The van der Waals surface area contributed by atoms with Crippen LogP contribution in [0.5, 0.6) is 0 Å². The smallest absolute Gasteiger partial charge is 0.0236 e. The molecule has 0 aromatic heterocycles. The molecule has 0 heterocycles. The van der Waals surface area contributed by atoms with Crippen molar-refractivity contribution in [3.8, 4) is 0 Å². The molecule has 3 atom stereocenters. The standard InChI is InChI=1S/C11H22/c1-7-9(4)11(6)10(5)8(2)3/h7-11H,1H2,2-6H3. The molecule has 0 aromatic carbocycles. The van der Waals surface area contributed by atoms with Gasteiger partial charge in [-0.1, -0.05) is 40.7 Å². The van der Waals surface area contributed by atoms with E-state index in [-0.39, 0.29) is 0 Å². The van der Waals surface area contributed by atoms with E-state index in [1.54, 1.807) is 0 Å². The minimum absolute atomic E-state index is 0.646. The average Bonchev–Trinajstić information content (AvgIpc) is 2.00. The summed E-state index contributed by atoms with van der Waals surface area (Å²) in [6, 6.07) is 0. The maximum atomic E-state index is 3.82. The van der Waals surface area contributed by atoms with Crippen LogP contribution in [0.4, 0.5) is 0 Å². The zero-order valence-corrected chi connectivity index (χ0v) is 8.59. The quantitative estimate of drug-likeness (QED) is 0.541. The molecular formula is C11H22. The van der Waals surface area contributed by atoms with Crippen molar-refractivity contribution >= 4 is 0 Å². The summed E-state index contributed by atoms with van der Waals surface area (Å²) in [5.74, 6) is 2.98. The lowest BCUT2D eigenvalue weighted by Gasteiger charge is -2.26. The Morgan fingerprint density at radius 2 is 1.36 bits per heavy atom. The molecule has 0 aliphatic rings. The van der Waals surface area contributed by atoms with E-state index in [2.05, 4.69) is 47.3 Å². The molecule has 0 aliphatic heterocycles. The van der Waals surface area contributed by atoms with E-state index in [4.69, 9.17) is 0 Å². The van der Waals surface area contributed by atoms with Gasteiger partial charge >= 0.3 is 0 Å². The molecule has 0 saturated carbocycles. The third kappa shape index (κ3) is 3.09. The molecular weight excluding hydrogens is 132 g/mol. The molecule has 66 valence electrons. The fourth-order valence-corrected chi connectivity index (χ4v) is 1.30. The Kier molecular flexibility index (Phi) is 4.48. The summed E-state index contributed by atoms with van der Waals surface area (Å²) in [5.41, 5.74) is 0. The molecule has 0 radical (unpaired) electrons. The maximum Gasteiger partial charge on any atom is -0.0236 e. The molecule has 0 aliphatic carbocycles. The van der Waals surface area contributed by atoms with Gasteiger partial charge in [0, 0.05) is 0 Å². The van der Waals surface area contributed by atoms with Gasteiger partial charge in [0.15, 0.2) is 0 Å². The van der Waals surface area contributed by atoms with Crippen LogP contribution in [0.15, 0.2) is 12.7 Å². The predicted octanol–water partition coefficient (Wildman–Crippen LogP) is 3.74. The van der Waals surface area contributed by atoms with Crippen molar-refractivity contribution in [2.45, 2.75) is 34.6 Å². The highest BCUT2D eigenvalue weighted by molar-refractivity contribution is 4.82. The van der Waals surface area contributed by atoms with Crippen molar-refractivity contribution in [3.05, 3.63) is 12.7 Å². The van der Waals surface area contributed by atoms with Crippen molar-refractivity contribution in [1.82, 2.24) is 0 Å². The molecule has 0 nitrogen and oxygen atoms in total. The highest BCUT2D eigenvalue weighted by atomic mass is 14.2. The number of allylic oxidation sites excluding steroid dienone is 1. The first-order valence-electron chi connectivity index (χ1n) is 4.63. The summed E-state index contributed by atoms with van der Waals surface area (Å²) >= 11 is 0. The van der Waals surface area contributed by atoms with Crippen molar-refractivity contribution in [2.75, 3.05) is 0 Å². The topological polar surface area (TPSA) is 0 Å². The minimum atomic E-state index is 0.646. The van der Waals surface area contributed by atoms with Crippen LogP contribution in [0.2, 0.25) is 0 Å². The summed E-state index contributed by atoms with van der Waals surface area (Å²) in [6.07, 6.45) is 2.06. The molecule has 0 fully saturated rings. The highest BCUT2D eigenvalue weighted by Crippen LogP contribution is 2.26. The Labute approximate surface area is 71.7 Å². The molecule has 0 spiro atoms. The molecule has 0 saturated heterocycles. The van der Waals surface area contributed by atoms with Gasteiger partial charge in [-0.15, -0.1) is 6.58 Å². The molecule has 0 aromatic rings. The maximum absolute atomic E-state index is 3.82. The van der Waals surface area contributed by atoms with E-state index in [9.17, 15) is 0 Å².